The molecule has 0 aliphatic heterocycles. The van der Waals surface area contributed by atoms with Gasteiger partial charge < -0.3 is 5.32 Å². The number of hydrogen-bond donors (Lipinski definition) is 1. The van der Waals surface area contributed by atoms with Crippen LogP contribution >= 0.6 is 11.3 Å². The van der Waals surface area contributed by atoms with Gasteiger partial charge in [0.2, 0.25) is 0 Å². The Labute approximate surface area is 167 Å². The minimum absolute atomic E-state index is 0.134. The maximum absolute atomic E-state index is 13.1. The van der Waals surface area contributed by atoms with Gasteiger partial charge in [-0.1, -0.05) is 13.0 Å². The standard InChI is InChI=1S/C20H22N6OS/c1-4-9-26-14(7-8-22-26)12-21-20(27)15-11-16(17-6-5-10-28-17)23-19-18(15)13(2)24-25(19)3/h5-8,10-11H,4,9,12H2,1-3H3,(H,21,27). The number of rotatable bonds is 6. The Hall–Kier alpha value is -3.00. The number of nitrogens with one attached hydrogen (secondary N) is 1. The van der Waals surface area contributed by atoms with Crippen LogP contribution in [-0.2, 0) is 20.1 Å². The van der Waals surface area contributed by atoms with Crippen molar-refractivity contribution in [3.63, 3.8) is 0 Å². The number of aryl methyl sites for hydroxylation is 3. The summed E-state index contributed by atoms with van der Waals surface area (Å²) in [5.41, 5.74) is 3.88. The maximum atomic E-state index is 13.1. The van der Waals surface area contributed by atoms with Gasteiger partial charge >= 0.3 is 0 Å². The summed E-state index contributed by atoms with van der Waals surface area (Å²) < 4.78 is 3.66. The molecule has 0 radical (unpaired) electrons. The number of pyridine rings is 1. The average Bonchev–Trinajstić information content (AvgIpc) is 3.42. The van der Waals surface area contributed by atoms with E-state index in [2.05, 4.69) is 22.4 Å². The number of thiophene rings is 1. The highest BCUT2D eigenvalue weighted by Crippen LogP contribution is 2.29. The molecule has 0 aliphatic carbocycles. The van der Waals surface area contributed by atoms with E-state index in [1.165, 1.54) is 0 Å². The SMILES string of the molecule is CCCn1nccc1CNC(=O)c1cc(-c2cccs2)nc2c1c(C)nn2C. The van der Waals surface area contributed by atoms with Gasteiger partial charge in [0, 0.05) is 19.8 Å². The third-order valence-corrected chi connectivity index (χ3v) is 5.55. The van der Waals surface area contributed by atoms with E-state index in [1.54, 1.807) is 22.2 Å². The van der Waals surface area contributed by atoms with Crippen molar-refractivity contribution in [3.8, 4) is 10.6 Å². The van der Waals surface area contributed by atoms with Gasteiger partial charge in [-0.25, -0.2) is 4.98 Å². The second kappa shape index (κ2) is 7.55. The van der Waals surface area contributed by atoms with Crippen LogP contribution in [0.1, 0.15) is 35.1 Å². The Bertz CT molecular complexity index is 1130. The fourth-order valence-corrected chi connectivity index (χ4v) is 4.05. The zero-order valence-electron chi connectivity index (χ0n) is 16.1. The Morgan fingerprint density at radius 2 is 2.18 bits per heavy atom. The molecule has 4 rings (SSSR count). The smallest absolute Gasteiger partial charge is 0.252 e. The Balaban J connectivity index is 1.70. The molecule has 0 aromatic carbocycles. The van der Waals surface area contributed by atoms with Crippen LogP contribution in [0, 0.1) is 6.92 Å². The summed E-state index contributed by atoms with van der Waals surface area (Å²) in [6, 6.07) is 7.79. The maximum Gasteiger partial charge on any atom is 0.252 e. The van der Waals surface area contributed by atoms with E-state index in [0.29, 0.717) is 17.8 Å². The highest BCUT2D eigenvalue weighted by atomic mass is 32.1. The number of carbonyl (C=O) groups is 1. The Kier molecular flexibility index (Phi) is 4.95. The van der Waals surface area contributed by atoms with E-state index in [-0.39, 0.29) is 5.91 Å². The van der Waals surface area contributed by atoms with Crippen molar-refractivity contribution in [1.29, 1.82) is 0 Å². The van der Waals surface area contributed by atoms with Crippen LogP contribution in [0.4, 0.5) is 0 Å². The van der Waals surface area contributed by atoms with Crippen LogP contribution in [0.2, 0.25) is 0 Å². The molecule has 1 amide bonds. The molecule has 1 N–H and O–H groups in total. The molecule has 0 bridgehead atoms. The Morgan fingerprint density at radius 1 is 1.32 bits per heavy atom. The van der Waals surface area contributed by atoms with Gasteiger partial charge in [0.15, 0.2) is 5.65 Å². The molecule has 8 heteroatoms. The summed E-state index contributed by atoms with van der Waals surface area (Å²) in [7, 11) is 1.85. The van der Waals surface area contributed by atoms with E-state index in [1.807, 2.05) is 48.3 Å². The summed E-state index contributed by atoms with van der Waals surface area (Å²) in [5, 5.41) is 14.6. The zero-order chi connectivity index (χ0) is 19.7. The van der Waals surface area contributed by atoms with Crippen molar-refractivity contribution >= 4 is 28.3 Å². The minimum Gasteiger partial charge on any atom is -0.346 e. The third kappa shape index (κ3) is 3.31. The van der Waals surface area contributed by atoms with E-state index in [0.717, 1.165) is 40.3 Å². The van der Waals surface area contributed by atoms with Crippen molar-refractivity contribution in [2.75, 3.05) is 0 Å². The number of aromatic nitrogens is 5. The van der Waals surface area contributed by atoms with Crippen LogP contribution in [0.5, 0.6) is 0 Å². The van der Waals surface area contributed by atoms with Crippen LogP contribution in [0.3, 0.4) is 0 Å². The van der Waals surface area contributed by atoms with E-state index in [4.69, 9.17) is 4.98 Å². The average molecular weight is 395 g/mol. The van der Waals surface area contributed by atoms with Gasteiger partial charge in [-0.3, -0.25) is 14.2 Å². The second-order valence-corrected chi connectivity index (χ2v) is 7.62. The Morgan fingerprint density at radius 3 is 2.93 bits per heavy atom. The third-order valence-electron chi connectivity index (χ3n) is 4.66. The number of amides is 1. The van der Waals surface area contributed by atoms with Crippen molar-refractivity contribution in [1.82, 2.24) is 29.9 Å². The first kappa shape index (κ1) is 18.4. The molecule has 0 aliphatic rings. The quantitative estimate of drug-likeness (QED) is 0.543. The first-order chi connectivity index (χ1) is 13.6. The van der Waals surface area contributed by atoms with Crippen LogP contribution in [0.15, 0.2) is 35.8 Å². The summed E-state index contributed by atoms with van der Waals surface area (Å²) in [6.07, 6.45) is 2.76. The summed E-state index contributed by atoms with van der Waals surface area (Å²) in [5.74, 6) is -0.134. The van der Waals surface area contributed by atoms with E-state index < -0.39 is 0 Å². The van der Waals surface area contributed by atoms with Gasteiger partial charge in [0.1, 0.15) is 0 Å². The highest BCUT2D eigenvalue weighted by Gasteiger charge is 2.19. The van der Waals surface area contributed by atoms with Crippen molar-refractivity contribution in [2.45, 2.75) is 33.4 Å². The molecule has 144 valence electrons. The normalized spacial score (nSPS) is 11.2. The van der Waals surface area contributed by atoms with Gasteiger partial charge in [0.25, 0.3) is 5.91 Å². The first-order valence-corrected chi connectivity index (χ1v) is 10.1. The molecule has 4 aromatic heterocycles. The van der Waals surface area contributed by atoms with Crippen molar-refractivity contribution in [2.24, 2.45) is 7.05 Å². The molecular formula is C20H22N6OS. The largest absolute Gasteiger partial charge is 0.346 e. The van der Waals surface area contributed by atoms with Crippen LogP contribution in [-0.4, -0.2) is 30.5 Å². The second-order valence-electron chi connectivity index (χ2n) is 6.67. The molecule has 0 spiro atoms. The highest BCUT2D eigenvalue weighted by molar-refractivity contribution is 7.13. The lowest BCUT2D eigenvalue weighted by Gasteiger charge is -2.10. The predicted molar refractivity (Wildman–Crippen MR) is 110 cm³/mol. The molecule has 0 fully saturated rings. The molecule has 0 unspecified atom stereocenters. The van der Waals surface area contributed by atoms with E-state index >= 15 is 0 Å². The monoisotopic (exact) mass is 394 g/mol. The zero-order valence-corrected chi connectivity index (χ0v) is 17.0. The van der Waals surface area contributed by atoms with Crippen molar-refractivity contribution < 1.29 is 4.79 Å². The first-order valence-electron chi connectivity index (χ1n) is 9.25. The van der Waals surface area contributed by atoms with E-state index in [9.17, 15) is 4.79 Å². The molecule has 0 atom stereocenters. The topological polar surface area (TPSA) is 77.6 Å². The minimum atomic E-state index is -0.134. The fourth-order valence-electron chi connectivity index (χ4n) is 3.36. The fraction of sp³-hybridized carbons (Fsp3) is 0.300. The van der Waals surface area contributed by atoms with Gasteiger partial charge in [-0.2, -0.15) is 10.2 Å². The van der Waals surface area contributed by atoms with Gasteiger partial charge in [0.05, 0.1) is 39.5 Å². The molecule has 4 heterocycles. The summed E-state index contributed by atoms with van der Waals surface area (Å²) in [6.45, 7) is 5.27. The summed E-state index contributed by atoms with van der Waals surface area (Å²) >= 11 is 1.60. The number of carbonyl (C=O) groups excluding carboxylic acids is 1. The molecule has 28 heavy (non-hydrogen) atoms. The molecule has 0 saturated carbocycles. The molecule has 4 aromatic rings. The number of hydrogen-bond acceptors (Lipinski definition) is 5. The predicted octanol–water partition coefficient (Wildman–Crippen LogP) is 3.54. The lowest BCUT2D eigenvalue weighted by atomic mass is 10.1. The lowest BCUT2D eigenvalue weighted by Crippen LogP contribution is -2.25. The van der Waals surface area contributed by atoms with Crippen molar-refractivity contribution in [3.05, 3.63) is 52.8 Å². The van der Waals surface area contributed by atoms with Gasteiger partial charge in [-0.15, -0.1) is 11.3 Å². The van der Waals surface area contributed by atoms with Crippen LogP contribution in [0.25, 0.3) is 21.6 Å². The number of fused-ring (bicyclic) bond motifs is 1. The molecular weight excluding hydrogens is 372 g/mol. The van der Waals surface area contributed by atoms with Crippen LogP contribution < -0.4 is 5.32 Å². The molecule has 7 nitrogen and oxygen atoms in total. The lowest BCUT2D eigenvalue weighted by molar-refractivity contribution is 0.0951. The molecule has 0 saturated heterocycles. The van der Waals surface area contributed by atoms with Gasteiger partial charge in [-0.05, 0) is 36.9 Å². The summed E-state index contributed by atoms with van der Waals surface area (Å²) in [4.78, 5) is 18.9. The number of nitrogens with zero attached hydrogens (tertiary/aromatic N) is 5.